The van der Waals surface area contributed by atoms with Gasteiger partial charge in [-0.3, -0.25) is 4.79 Å². The topological polar surface area (TPSA) is 63.2 Å². The fraction of sp³-hybridized carbons (Fsp3) is 0.286. The molecular weight excluding hydrogens is 274 g/mol. The zero-order valence-corrected chi connectivity index (χ0v) is 12.3. The second-order valence-electron chi connectivity index (χ2n) is 4.23. The minimum Gasteiger partial charge on any atom is -0.497 e. The Hall–Kier alpha value is -1.92. The summed E-state index contributed by atoms with van der Waals surface area (Å²) in [6.07, 6.45) is 1.83. The third-order valence-electron chi connectivity index (χ3n) is 2.63. The molecule has 0 saturated carbocycles. The SMILES string of the molecule is COc1ccc(NC(=O)CNCc2cnc(C)s2)cc1. The molecule has 2 rings (SSSR count). The molecule has 0 aliphatic heterocycles. The van der Waals surface area contributed by atoms with Gasteiger partial charge in [0.2, 0.25) is 5.91 Å². The van der Waals surface area contributed by atoms with Gasteiger partial charge in [-0.2, -0.15) is 0 Å². The normalized spacial score (nSPS) is 10.3. The molecule has 1 aromatic carbocycles. The maximum absolute atomic E-state index is 11.7. The summed E-state index contributed by atoms with van der Waals surface area (Å²) >= 11 is 1.63. The van der Waals surface area contributed by atoms with Crippen LogP contribution in [0.1, 0.15) is 9.88 Å². The van der Waals surface area contributed by atoms with Crippen LogP contribution in [0.15, 0.2) is 30.5 Å². The molecule has 1 amide bonds. The molecule has 0 spiro atoms. The summed E-state index contributed by atoms with van der Waals surface area (Å²) in [7, 11) is 1.61. The Morgan fingerprint density at radius 1 is 1.35 bits per heavy atom. The lowest BCUT2D eigenvalue weighted by molar-refractivity contribution is -0.115. The molecule has 106 valence electrons. The highest BCUT2D eigenvalue weighted by atomic mass is 32.1. The van der Waals surface area contributed by atoms with Crippen LogP contribution in [0, 0.1) is 6.92 Å². The van der Waals surface area contributed by atoms with Crippen LogP contribution in [-0.2, 0) is 11.3 Å². The molecule has 5 nitrogen and oxygen atoms in total. The number of thiazole rings is 1. The van der Waals surface area contributed by atoms with Crippen LogP contribution >= 0.6 is 11.3 Å². The first-order valence-corrected chi connectivity index (χ1v) is 7.05. The van der Waals surface area contributed by atoms with Gasteiger partial charge < -0.3 is 15.4 Å². The van der Waals surface area contributed by atoms with Gasteiger partial charge >= 0.3 is 0 Å². The van der Waals surface area contributed by atoms with Gasteiger partial charge in [0.25, 0.3) is 0 Å². The number of carbonyl (C=O) groups is 1. The number of aromatic nitrogens is 1. The van der Waals surface area contributed by atoms with Gasteiger partial charge in [0.15, 0.2) is 0 Å². The van der Waals surface area contributed by atoms with Gasteiger partial charge in [0.05, 0.1) is 18.7 Å². The quantitative estimate of drug-likeness (QED) is 0.856. The lowest BCUT2D eigenvalue weighted by Gasteiger charge is -2.06. The second-order valence-corrected chi connectivity index (χ2v) is 5.55. The van der Waals surface area contributed by atoms with Gasteiger partial charge in [-0.15, -0.1) is 11.3 Å². The summed E-state index contributed by atoms with van der Waals surface area (Å²) in [5, 5.41) is 6.94. The smallest absolute Gasteiger partial charge is 0.238 e. The first kappa shape index (κ1) is 14.5. The van der Waals surface area contributed by atoms with Crippen LogP contribution in [0.5, 0.6) is 5.75 Å². The van der Waals surface area contributed by atoms with Gasteiger partial charge in [0.1, 0.15) is 5.75 Å². The predicted molar refractivity (Wildman–Crippen MR) is 80.2 cm³/mol. The molecule has 2 N–H and O–H groups in total. The van der Waals surface area contributed by atoms with E-state index in [4.69, 9.17) is 4.74 Å². The van der Waals surface area contributed by atoms with E-state index in [2.05, 4.69) is 15.6 Å². The highest BCUT2D eigenvalue weighted by Crippen LogP contribution is 2.14. The summed E-state index contributed by atoms with van der Waals surface area (Å²) in [5.74, 6) is 0.693. The molecule has 0 fully saturated rings. The summed E-state index contributed by atoms with van der Waals surface area (Å²) in [4.78, 5) is 17.0. The van der Waals surface area contributed by atoms with Crippen molar-refractivity contribution in [3.8, 4) is 5.75 Å². The van der Waals surface area contributed by atoms with Gasteiger partial charge in [-0.1, -0.05) is 0 Å². The fourth-order valence-corrected chi connectivity index (χ4v) is 2.43. The van der Waals surface area contributed by atoms with Crippen LogP contribution in [-0.4, -0.2) is 24.5 Å². The number of methoxy groups -OCH3 is 1. The Morgan fingerprint density at radius 3 is 2.70 bits per heavy atom. The predicted octanol–water partition coefficient (Wildman–Crippen LogP) is 2.19. The Balaban J connectivity index is 1.74. The maximum Gasteiger partial charge on any atom is 0.238 e. The maximum atomic E-state index is 11.7. The number of nitrogens with one attached hydrogen (secondary N) is 2. The van der Waals surface area contributed by atoms with Crippen molar-refractivity contribution in [3.63, 3.8) is 0 Å². The number of hydrogen-bond donors (Lipinski definition) is 2. The highest BCUT2D eigenvalue weighted by Gasteiger charge is 2.03. The van der Waals surface area contributed by atoms with Crippen molar-refractivity contribution in [1.29, 1.82) is 0 Å². The molecule has 6 heteroatoms. The van der Waals surface area contributed by atoms with Crippen molar-refractivity contribution in [3.05, 3.63) is 40.3 Å². The largest absolute Gasteiger partial charge is 0.497 e. The van der Waals surface area contributed by atoms with Crippen molar-refractivity contribution in [2.45, 2.75) is 13.5 Å². The first-order valence-electron chi connectivity index (χ1n) is 6.23. The van der Waals surface area contributed by atoms with Crippen molar-refractivity contribution >= 4 is 22.9 Å². The average Bonchev–Trinajstić information content (AvgIpc) is 2.85. The number of benzene rings is 1. The van der Waals surface area contributed by atoms with Gasteiger partial charge in [-0.25, -0.2) is 4.98 Å². The highest BCUT2D eigenvalue weighted by molar-refractivity contribution is 7.11. The van der Waals surface area contributed by atoms with Crippen LogP contribution in [0.2, 0.25) is 0 Å². The number of nitrogens with zero attached hydrogens (tertiary/aromatic N) is 1. The number of ether oxygens (including phenoxy) is 1. The van der Waals surface area contributed by atoms with Crippen molar-refractivity contribution < 1.29 is 9.53 Å². The molecule has 0 aliphatic rings. The van der Waals surface area contributed by atoms with Crippen LogP contribution in [0.4, 0.5) is 5.69 Å². The Bertz CT molecular complexity index is 566. The zero-order chi connectivity index (χ0) is 14.4. The second kappa shape index (κ2) is 7.02. The summed E-state index contributed by atoms with van der Waals surface area (Å²) in [5.41, 5.74) is 0.756. The first-order chi connectivity index (χ1) is 9.67. The summed E-state index contributed by atoms with van der Waals surface area (Å²) < 4.78 is 5.06. The lowest BCUT2D eigenvalue weighted by Crippen LogP contribution is -2.27. The molecule has 0 atom stereocenters. The van der Waals surface area contributed by atoms with E-state index in [1.165, 1.54) is 0 Å². The van der Waals surface area contributed by atoms with E-state index in [0.717, 1.165) is 21.3 Å². The number of anilines is 1. The minimum atomic E-state index is -0.0728. The van der Waals surface area contributed by atoms with Crippen LogP contribution < -0.4 is 15.4 Å². The molecule has 0 saturated heterocycles. The number of rotatable bonds is 6. The minimum absolute atomic E-state index is 0.0728. The van der Waals surface area contributed by atoms with E-state index >= 15 is 0 Å². The monoisotopic (exact) mass is 291 g/mol. The van der Waals surface area contributed by atoms with Gasteiger partial charge in [0, 0.05) is 23.3 Å². The number of amides is 1. The van der Waals surface area contributed by atoms with E-state index in [0.29, 0.717) is 6.54 Å². The van der Waals surface area contributed by atoms with Crippen molar-refractivity contribution in [1.82, 2.24) is 10.3 Å². The molecule has 1 aromatic heterocycles. The molecule has 1 heterocycles. The number of aryl methyl sites for hydroxylation is 1. The van der Waals surface area contributed by atoms with E-state index < -0.39 is 0 Å². The molecule has 0 unspecified atom stereocenters. The summed E-state index contributed by atoms with van der Waals surface area (Å²) in [6, 6.07) is 7.23. The van der Waals surface area contributed by atoms with Crippen LogP contribution in [0.3, 0.4) is 0 Å². The third-order valence-corrected chi connectivity index (χ3v) is 3.54. The van der Waals surface area contributed by atoms with E-state index in [-0.39, 0.29) is 12.5 Å². The molecule has 0 bridgehead atoms. The molecule has 0 radical (unpaired) electrons. The van der Waals surface area contributed by atoms with Crippen molar-refractivity contribution in [2.75, 3.05) is 19.0 Å². The number of carbonyl (C=O) groups excluding carboxylic acids is 1. The Labute approximate surface area is 122 Å². The van der Waals surface area contributed by atoms with E-state index in [9.17, 15) is 4.79 Å². The van der Waals surface area contributed by atoms with Crippen LogP contribution in [0.25, 0.3) is 0 Å². The summed E-state index contributed by atoms with van der Waals surface area (Å²) in [6.45, 7) is 2.88. The lowest BCUT2D eigenvalue weighted by atomic mass is 10.3. The Morgan fingerprint density at radius 2 is 2.10 bits per heavy atom. The molecular formula is C14H17N3O2S. The molecule has 0 aliphatic carbocycles. The van der Waals surface area contributed by atoms with E-state index in [1.54, 1.807) is 18.4 Å². The zero-order valence-electron chi connectivity index (χ0n) is 11.5. The number of hydrogen-bond acceptors (Lipinski definition) is 5. The fourth-order valence-electron chi connectivity index (χ4n) is 1.67. The standard InChI is InChI=1S/C14H17N3O2S/c1-10-16-8-13(20-10)7-15-9-14(18)17-11-3-5-12(19-2)6-4-11/h3-6,8,15H,7,9H2,1-2H3,(H,17,18). The molecule has 2 aromatic rings. The van der Waals surface area contributed by atoms with E-state index in [1.807, 2.05) is 37.4 Å². The molecule has 20 heavy (non-hydrogen) atoms. The average molecular weight is 291 g/mol. The Kier molecular flexibility index (Phi) is 5.09. The van der Waals surface area contributed by atoms with Gasteiger partial charge in [-0.05, 0) is 31.2 Å². The third kappa shape index (κ3) is 4.32. The van der Waals surface area contributed by atoms with Crippen molar-refractivity contribution in [2.24, 2.45) is 0 Å².